The van der Waals surface area contributed by atoms with Gasteiger partial charge in [-0.3, -0.25) is 9.59 Å². The number of benzene rings is 1. The quantitative estimate of drug-likeness (QED) is 0.810. The number of nitrogens with one attached hydrogen (secondary N) is 2. The summed E-state index contributed by atoms with van der Waals surface area (Å²) in [6.07, 6.45) is 2.27. The predicted octanol–water partition coefficient (Wildman–Crippen LogP) is 3.01. The molecule has 3 rings (SSSR count). The number of carbonyl (C=O) groups excluding carboxylic acids is 2. The first kappa shape index (κ1) is 19.1. The number of rotatable bonds is 4. The van der Waals surface area contributed by atoms with Gasteiger partial charge in [-0.2, -0.15) is 0 Å². The Bertz CT molecular complexity index is 904. The van der Waals surface area contributed by atoms with Crippen LogP contribution in [0.1, 0.15) is 50.5 Å². The Hall–Kier alpha value is -2.63. The number of H-pyrrole nitrogens is 1. The highest BCUT2D eigenvalue weighted by Crippen LogP contribution is 2.29. The molecule has 2 N–H and O–H groups in total. The van der Waals surface area contributed by atoms with Crippen LogP contribution in [0.15, 0.2) is 35.1 Å². The Morgan fingerprint density at radius 2 is 1.96 bits per heavy atom. The summed E-state index contributed by atoms with van der Waals surface area (Å²) in [5.74, 6) is -0.0741. The number of aromatic amines is 1. The summed E-state index contributed by atoms with van der Waals surface area (Å²) in [5, 5.41) is 4.16. The molecule has 0 saturated heterocycles. The molecule has 1 aliphatic rings. The van der Waals surface area contributed by atoms with Gasteiger partial charge in [0.15, 0.2) is 6.10 Å². The van der Waals surface area contributed by atoms with Gasteiger partial charge in [0, 0.05) is 11.4 Å². The second-order valence-corrected chi connectivity index (χ2v) is 7.53. The van der Waals surface area contributed by atoms with Crippen molar-refractivity contribution in [2.45, 2.75) is 52.2 Å². The molecule has 4 atom stereocenters. The number of hydrogen-bond acceptors (Lipinski definition) is 4. The maximum atomic E-state index is 12.4. The van der Waals surface area contributed by atoms with E-state index in [-0.39, 0.29) is 23.2 Å². The van der Waals surface area contributed by atoms with E-state index in [1.807, 2.05) is 0 Å². The van der Waals surface area contributed by atoms with Crippen LogP contribution in [0.2, 0.25) is 0 Å². The van der Waals surface area contributed by atoms with Crippen molar-refractivity contribution < 1.29 is 14.3 Å². The second kappa shape index (κ2) is 7.94. The third-order valence-electron chi connectivity index (χ3n) is 5.66. The van der Waals surface area contributed by atoms with Crippen molar-refractivity contribution in [3.63, 3.8) is 0 Å². The first-order valence-corrected chi connectivity index (χ1v) is 9.50. The van der Waals surface area contributed by atoms with Crippen LogP contribution in [0.5, 0.6) is 0 Å². The summed E-state index contributed by atoms with van der Waals surface area (Å²) in [4.78, 5) is 39.5. The first-order chi connectivity index (χ1) is 12.9. The molecule has 0 unspecified atom stereocenters. The molecule has 0 radical (unpaired) electrons. The van der Waals surface area contributed by atoms with Gasteiger partial charge in [-0.25, -0.2) is 4.79 Å². The Balaban J connectivity index is 1.66. The molecule has 0 spiro atoms. The maximum Gasteiger partial charge on any atom is 0.355 e. The number of fused-ring (bicyclic) bond motifs is 1. The molecule has 1 saturated carbocycles. The Labute approximate surface area is 158 Å². The molecule has 6 nitrogen and oxygen atoms in total. The standard InChI is InChI=1S/C21H26N2O4/c1-12-7-6-10-17(13(12)2)22-19(24)14(3)27-21(26)18-11-15-8-4-5-9-16(15)20(25)23-18/h4-5,8-9,11-14,17H,6-7,10H2,1-3H3,(H,22,24)(H,23,25)/t12-,13+,14+,17-/m1/s1. The molecule has 1 aromatic heterocycles. The average Bonchev–Trinajstić information content (AvgIpc) is 2.65. The van der Waals surface area contributed by atoms with E-state index in [2.05, 4.69) is 24.1 Å². The molecule has 1 fully saturated rings. The van der Waals surface area contributed by atoms with Crippen LogP contribution in [-0.4, -0.2) is 29.0 Å². The summed E-state index contributed by atoms with van der Waals surface area (Å²) in [5.41, 5.74) is -0.319. The third-order valence-corrected chi connectivity index (χ3v) is 5.66. The van der Waals surface area contributed by atoms with Gasteiger partial charge in [-0.15, -0.1) is 0 Å². The third kappa shape index (κ3) is 4.21. The van der Waals surface area contributed by atoms with E-state index in [0.29, 0.717) is 22.6 Å². The lowest BCUT2D eigenvalue weighted by Gasteiger charge is -2.35. The number of pyridine rings is 1. The minimum Gasteiger partial charge on any atom is -0.448 e. The van der Waals surface area contributed by atoms with Crippen LogP contribution in [0.4, 0.5) is 0 Å². The van der Waals surface area contributed by atoms with Gasteiger partial charge in [-0.1, -0.05) is 44.9 Å². The lowest BCUT2D eigenvalue weighted by molar-refractivity contribution is -0.130. The first-order valence-electron chi connectivity index (χ1n) is 9.50. The summed E-state index contributed by atoms with van der Waals surface area (Å²) < 4.78 is 5.28. The van der Waals surface area contributed by atoms with Gasteiger partial charge in [0.2, 0.25) is 0 Å². The SMILES string of the molecule is C[C@H]1[C@H](C)CCC[C@H]1NC(=O)[C@H](C)OC(=O)c1cc2ccccc2c(=O)[nH]1. The average molecular weight is 370 g/mol. The minimum atomic E-state index is -0.933. The highest BCUT2D eigenvalue weighted by atomic mass is 16.5. The van der Waals surface area contributed by atoms with E-state index in [1.165, 1.54) is 6.42 Å². The van der Waals surface area contributed by atoms with E-state index in [0.717, 1.165) is 12.8 Å². The molecule has 6 heteroatoms. The van der Waals surface area contributed by atoms with Crippen molar-refractivity contribution >= 4 is 22.6 Å². The van der Waals surface area contributed by atoms with Gasteiger partial charge < -0.3 is 15.0 Å². The van der Waals surface area contributed by atoms with Gasteiger partial charge >= 0.3 is 5.97 Å². The molecule has 27 heavy (non-hydrogen) atoms. The zero-order chi connectivity index (χ0) is 19.6. The Morgan fingerprint density at radius 3 is 2.74 bits per heavy atom. The van der Waals surface area contributed by atoms with Crippen molar-refractivity contribution in [3.05, 3.63) is 46.4 Å². The zero-order valence-electron chi connectivity index (χ0n) is 16.0. The molecule has 1 aliphatic carbocycles. The van der Waals surface area contributed by atoms with Crippen molar-refractivity contribution in [1.82, 2.24) is 10.3 Å². The van der Waals surface area contributed by atoms with Crippen LogP contribution in [0.25, 0.3) is 10.8 Å². The molecular formula is C21H26N2O4. The van der Waals surface area contributed by atoms with Crippen LogP contribution < -0.4 is 10.9 Å². The predicted molar refractivity (Wildman–Crippen MR) is 104 cm³/mol. The number of ether oxygens (including phenoxy) is 1. The largest absolute Gasteiger partial charge is 0.448 e. The van der Waals surface area contributed by atoms with Gasteiger partial charge in [0.25, 0.3) is 11.5 Å². The molecule has 1 aromatic carbocycles. The van der Waals surface area contributed by atoms with Crippen LogP contribution >= 0.6 is 0 Å². The molecule has 2 aromatic rings. The summed E-state index contributed by atoms with van der Waals surface area (Å²) >= 11 is 0. The molecular weight excluding hydrogens is 344 g/mol. The Morgan fingerprint density at radius 1 is 1.22 bits per heavy atom. The lowest BCUT2D eigenvalue weighted by Crippen LogP contribution is -2.47. The van der Waals surface area contributed by atoms with E-state index in [9.17, 15) is 14.4 Å². The van der Waals surface area contributed by atoms with Crippen molar-refractivity contribution in [3.8, 4) is 0 Å². The van der Waals surface area contributed by atoms with Gasteiger partial charge in [0.1, 0.15) is 5.69 Å². The maximum absolute atomic E-state index is 12.4. The highest BCUT2D eigenvalue weighted by Gasteiger charge is 2.30. The Kier molecular flexibility index (Phi) is 5.63. The fraction of sp³-hybridized carbons (Fsp3) is 0.476. The van der Waals surface area contributed by atoms with Crippen LogP contribution in [0, 0.1) is 11.8 Å². The van der Waals surface area contributed by atoms with Crippen LogP contribution in [-0.2, 0) is 9.53 Å². The van der Waals surface area contributed by atoms with Gasteiger partial charge in [-0.05, 0) is 42.7 Å². The smallest absolute Gasteiger partial charge is 0.355 e. The molecule has 144 valence electrons. The zero-order valence-corrected chi connectivity index (χ0v) is 16.0. The lowest BCUT2D eigenvalue weighted by atomic mass is 9.78. The molecule has 0 aliphatic heterocycles. The number of esters is 1. The van der Waals surface area contributed by atoms with Crippen molar-refractivity contribution in [1.29, 1.82) is 0 Å². The summed E-state index contributed by atoms with van der Waals surface area (Å²) in [6.45, 7) is 5.89. The molecule has 0 bridgehead atoms. The molecule has 1 amide bonds. The molecule has 1 heterocycles. The number of carbonyl (C=O) groups is 2. The number of hydrogen-bond donors (Lipinski definition) is 2. The minimum absolute atomic E-state index is 0.0398. The fourth-order valence-electron chi connectivity index (χ4n) is 3.68. The van der Waals surface area contributed by atoms with Crippen molar-refractivity contribution in [2.24, 2.45) is 11.8 Å². The summed E-state index contributed by atoms with van der Waals surface area (Å²) in [7, 11) is 0. The van der Waals surface area contributed by atoms with E-state index >= 15 is 0 Å². The topological polar surface area (TPSA) is 88.3 Å². The van der Waals surface area contributed by atoms with E-state index < -0.39 is 12.1 Å². The monoisotopic (exact) mass is 370 g/mol. The summed E-state index contributed by atoms with van der Waals surface area (Å²) in [6, 6.07) is 8.65. The fourth-order valence-corrected chi connectivity index (χ4v) is 3.68. The number of aromatic nitrogens is 1. The van der Waals surface area contributed by atoms with Gasteiger partial charge in [0.05, 0.1) is 0 Å². The highest BCUT2D eigenvalue weighted by molar-refractivity contribution is 5.94. The second-order valence-electron chi connectivity index (χ2n) is 7.53. The van der Waals surface area contributed by atoms with Crippen LogP contribution in [0.3, 0.4) is 0 Å². The van der Waals surface area contributed by atoms with Crippen molar-refractivity contribution in [2.75, 3.05) is 0 Å². The normalized spacial score (nSPS) is 23.6. The number of amides is 1. The van der Waals surface area contributed by atoms with E-state index in [1.54, 1.807) is 37.3 Å². The van der Waals surface area contributed by atoms with E-state index in [4.69, 9.17) is 4.74 Å².